The van der Waals surface area contributed by atoms with Crippen LogP contribution in [0.25, 0.3) is 0 Å². The van der Waals surface area contributed by atoms with Gasteiger partial charge in [-0.1, -0.05) is 19.3 Å². The molecule has 0 atom stereocenters. The highest BCUT2D eigenvalue weighted by Gasteiger charge is 2.41. The SMILES string of the molecule is CCOC(=O)CCCCCCCN(C(=O)N1CCCN(C)CC1)C1CC(C(=O)OC)C1. The summed E-state index contributed by atoms with van der Waals surface area (Å²) in [6.45, 7) is 6.45. The first-order chi connectivity index (χ1) is 15.0. The minimum absolute atomic E-state index is 0.0801. The number of unbranched alkanes of at least 4 members (excludes halogenated alkanes) is 4. The summed E-state index contributed by atoms with van der Waals surface area (Å²) >= 11 is 0. The van der Waals surface area contributed by atoms with Crippen LogP contribution in [0.4, 0.5) is 4.79 Å². The predicted molar refractivity (Wildman–Crippen MR) is 119 cm³/mol. The molecule has 2 fully saturated rings. The van der Waals surface area contributed by atoms with Crippen molar-refractivity contribution in [3.8, 4) is 0 Å². The van der Waals surface area contributed by atoms with Gasteiger partial charge in [0.05, 0.1) is 19.6 Å². The van der Waals surface area contributed by atoms with Gasteiger partial charge in [-0.2, -0.15) is 0 Å². The minimum atomic E-state index is -0.165. The van der Waals surface area contributed by atoms with Crippen molar-refractivity contribution < 1.29 is 23.9 Å². The molecule has 1 aliphatic heterocycles. The molecule has 2 aliphatic rings. The zero-order chi connectivity index (χ0) is 22.6. The van der Waals surface area contributed by atoms with Crippen LogP contribution in [0.5, 0.6) is 0 Å². The van der Waals surface area contributed by atoms with Crippen LogP contribution in [0.15, 0.2) is 0 Å². The highest BCUT2D eigenvalue weighted by atomic mass is 16.5. The third-order valence-corrected chi connectivity index (χ3v) is 6.41. The van der Waals surface area contributed by atoms with E-state index in [2.05, 4.69) is 11.9 Å². The van der Waals surface area contributed by atoms with Gasteiger partial charge in [0.15, 0.2) is 0 Å². The summed E-state index contributed by atoms with van der Waals surface area (Å²) in [6, 6.07) is 0.243. The van der Waals surface area contributed by atoms with Crippen molar-refractivity contribution in [2.24, 2.45) is 5.92 Å². The molecule has 1 saturated heterocycles. The van der Waals surface area contributed by atoms with Gasteiger partial charge < -0.3 is 24.2 Å². The first-order valence-electron chi connectivity index (χ1n) is 11.9. The Morgan fingerprint density at radius 1 is 0.968 bits per heavy atom. The summed E-state index contributed by atoms with van der Waals surface area (Å²) in [7, 11) is 3.52. The molecule has 8 heteroatoms. The predicted octanol–water partition coefficient (Wildman–Crippen LogP) is 2.90. The first-order valence-corrected chi connectivity index (χ1v) is 11.9. The lowest BCUT2D eigenvalue weighted by Gasteiger charge is -2.43. The van der Waals surface area contributed by atoms with E-state index in [1.165, 1.54) is 7.11 Å². The molecular weight excluding hydrogens is 398 g/mol. The van der Waals surface area contributed by atoms with E-state index < -0.39 is 0 Å². The number of carbonyl (C=O) groups excluding carboxylic acids is 3. The fourth-order valence-electron chi connectivity index (χ4n) is 4.37. The van der Waals surface area contributed by atoms with Gasteiger partial charge >= 0.3 is 18.0 Å². The molecule has 0 N–H and O–H groups in total. The Hall–Kier alpha value is -1.83. The quantitative estimate of drug-likeness (QED) is 0.364. The maximum absolute atomic E-state index is 13.3. The van der Waals surface area contributed by atoms with Crippen molar-refractivity contribution in [3.63, 3.8) is 0 Å². The van der Waals surface area contributed by atoms with Crippen molar-refractivity contribution in [2.45, 2.75) is 70.8 Å². The number of nitrogens with zero attached hydrogens (tertiary/aromatic N) is 3. The van der Waals surface area contributed by atoms with Gasteiger partial charge in [0, 0.05) is 38.6 Å². The highest BCUT2D eigenvalue weighted by Crippen LogP contribution is 2.33. The van der Waals surface area contributed by atoms with Gasteiger partial charge in [0.2, 0.25) is 0 Å². The van der Waals surface area contributed by atoms with E-state index in [-0.39, 0.29) is 29.9 Å². The summed E-state index contributed by atoms with van der Waals surface area (Å²) in [5.41, 5.74) is 0. The molecule has 0 radical (unpaired) electrons. The van der Waals surface area contributed by atoms with E-state index in [1.54, 1.807) is 0 Å². The minimum Gasteiger partial charge on any atom is -0.469 e. The molecule has 31 heavy (non-hydrogen) atoms. The number of carbonyl (C=O) groups is 3. The molecule has 0 aromatic rings. The number of hydrogen-bond donors (Lipinski definition) is 0. The number of amides is 2. The Morgan fingerprint density at radius 2 is 1.68 bits per heavy atom. The second-order valence-corrected chi connectivity index (χ2v) is 8.79. The monoisotopic (exact) mass is 439 g/mol. The molecular formula is C23H41N3O5. The third kappa shape index (κ3) is 8.31. The smallest absolute Gasteiger partial charge is 0.320 e. The van der Waals surface area contributed by atoms with Crippen LogP contribution in [0, 0.1) is 5.92 Å². The average molecular weight is 440 g/mol. The Morgan fingerprint density at radius 3 is 2.39 bits per heavy atom. The van der Waals surface area contributed by atoms with Crippen LogP contribution in [-0.2, 0) is 19.1 Å². The molecule has 1 saturated carbocycles. The van der Waals surface area contributed by atoms with Crippen molar-refractivity contribution >= 4 is 18.0 Å². The number of ether oxygens (including phenoxy) is 2. The molecule has 2 amide bonds. The molecule has 1 aliphatic carbocycles. The van der Waals surface area contributed by atoms with Crippen LogP contribution >= 0.6 is 0 Å². The summed E-state index contributed by atoms with van der Waals surface area (Å²) in [4.78, 5) is 42.7. The van der Waals surface area contributed by atoms with Gasteiger partial charge in [-0.05, 0) is 52.6 Å². The van der Waals surface area contributed by atoms with Gasteiger partial charge in [0.25, 0.3) is 0 Å². The molecule has 1 heterocycles. The second kappa shape index (κ2) is 13.6. The number of methoxy groups -OCH3 is 1. The van der Waals surface area contributed by atoms with Crippen LogP contribution < -0.4 is 0 Å². The van der Waals surface area contributed by atoms with Crippen LogP contribution in [0.2, 0.25) is 0 Å². The lowest BCUT2D eigenvalue weighted by Crippen LogP contribution is -2.54. The van der Waals surface area contributed by atoms with Crippen molar-refractivity contribution in [2.75, 3.05) is 53.5 Å². The number of hydrogen-bond acceptors (Lipinski definition) is 6. The van der Waals surface area contributed by atoms with Crippen LogP contribution in [0.1, 0.15) is 64.7 Å². The van der Waals surface area contributed by atoms with E-state index in [4.69, 9.17) is 9.47 Å². The maximum atomic E-state index is 13.3. The van der Waals surface area contributed by atoms with E-state index in [1.807, 2.05) is 16.7 Å². The number of rotatable bonds is 11. The molecule has 0 unspecified atom stereocenters. The number of likely N-dealkylation sites (N-methyl/N-ethyl adjacent to an activating group) is 1. The summed E-state index contributed by atoms with van der Waals surface area (Å²) < 4.78 is 9.82. The summed E-state index contributed by atoms with van der Waals surface area (Å²) in [6.07, 6.45) is 7.75. The highest BCUT2D eigenvalue weighted by molar-refractivity contribution is 5.77. The van der Waals surface area contributed by atoms with Crippen molar-refractivity contribution in [3.05, 3.63) is 0 Å². The van der Waals surface area contributed by atoms with Crippen LogP contribution in [-0.4, -0.2) is 92.2 Å². The largest absolute Gasteiger partial charge is 0.469 e. The maximum Gasteiger partial charge on any atom is 0.320 e. The first kappa shape index (κ1) is 25.4. The lowest BCUT2D eigenvalue weighted by molar-refractivity contribution is -0.150. The Bertz CT molecular complexity index is 580. The van der Waals surface area contributed by atoms with E-state index >= 15 is 0 Å². The standard InChI is InChI=1S/C23H41N3O5/c1-4-31-21(27)11-8-6-5-7-9-14-26(20-17-19(18-20)22(28)30-3)23(29)25-13-10-12-24(2)15-16-25/h19-20H,4-18H2,1-3H3. The normalized spacial score (nSPS) is 21.7. The second-order valence-electron chi connectivity index (χ2n) is 8.79. The number of esters is 2. The summed E-state index contributed by atoms with van der Waals surface area (Å²) in [5.74, 6) is -0.363. The molecule has 0 bridgehead atoms. The molecule has 8 nitrogen and oxygen atoms in total. The van der Waals surface area contributed by atoms with Crippen molar-refractivity contribution in [1.29, 1.82) is 0 Å². The zero-order valence-corrected chi connectivity index (χ0v) is 19.6. The Kier molecular flexibility index (Phi) is 11.1. The van der Waals surface area contributed by atoms with E-state index in [0.717, 1.165) is 71.2 Å². The molecule has 0 spiro atoms. The topological polar surface area (TPSA) is 79.4 Å². The van der Waals surface area contributed by atoms with Gasteiger partial charge in [0.1, 0.15) is 0 Å². The lowest BCUT2D eigenvalue weighted by atomic mass is 9.79. The average Bonchev–Trinajstić information content (AvgIpc) is 2.94. The van der Waals surface area contributed by atoms with E-state index in [9.17, 15) is 14.4 Å². The number of urea groups is 1. The van der Waals surface area contributed by atoms with E-state index in [0.29, 0.717) is 25.9 Å². The Balaban J connectivity index is 1.79. The fourth-order valence-corrected chi connectivity index (χ4v) is 4.37. The van der Waals surface area contributed by atoms with Gasteiger partial charge in [-0.3, -0.25) is 9.59 Å². The third-order valence-electron chi connectivity index (χ3n) is 6.41. The Labute approximate surface area is 187 Å². The molecule has 2 rings (SSSR count). The summed E-state index contributed by atoms with van der Waals surface area (Å²) in [5, 5.41) is 0. The van der Waals surface area contributed by atoms with Crippen molar-refractivity contribution in [1.82, 2.24) is 14.7 Å². The molecule has 0 aromatic heterocycles. The molecule has 178 valence electrons. The van der Waals surface area contributed by atoms with Gasteiger partial charge in [-0.15, -0.1) is 0 Å². The fraction of sp³-hybridized carbons (Fsp3) is 0.870. The van der Waals surface area contributed by atoms with Gasteiger partial charge in [-0.25, -0.2) is 4.79 Å². The zero-order valence-electron chi connectivity index (χ0n) is 19.6. The van der Waals surface area contributed by atoms with Crippen LogP contribution in [0.3, 0.4) is 0 Å². The molecule has 0 aromatic carbocycles.